The third-order valence-corrected chi connectivity index (χ3v) is 4.79. The molecule has 0 unspecified atom stereocenters. The number of anilines is 1. The van der Waals surface area contributed by atoms with Crippen molar-refractivity contribution in [3.05, 3.63) is 59.7 Å². The quantitative estimate of drug-likeness (QED) is 0.592. The molecule has 1 aliphatic rings. The van der Waals surface area contributed by atoms with Gasteiger partial charge in [0, 0.05) is 37.4 Å². The maximum atomic E-state index is 12.8. The van der Waals surface area contributed by atoms with Gasteiger partial charge < -0.3 is 19.3 Å². The van der Waals surface area contributed by atoms with Gasteiger partial charge in [0.25, 0.3) is 5.91 Å². The number of hydrogen-bond acceptors (Lipinski definition) is 5. The van der Waals surface area contributed by atoms with Crippen molar-refractivity contribution >= 4 is 17.7 Å². The maximum Gasteiger partial charge on any atom is 0.264 e. The van der Waals surface area contributed by atoms with Crippen molar-refractivity contribution < 1.29 is 14.3 Å². The molecule has 0 aromatic heterocycles. The zero-order valence-corrected chi connectivity index (χ0v) is 16.1. The van der Waals surface area contributed by atoms with Crippen LogP contribution < -0.4 is 14.4 Å². The maximum absolute atomic E-state index is 12.8. The molecule has 0 bridgehead atoms. The van der Waals surface area contributed by atoms with Crippen LogP contribution in [0.25, 0.3) is 6.08 Å². The second kappa shape index (κ2) is 8.96. The minimum atomic E-state index is -0.247. The predicted molar refractivity (Wildman–Crippen MR) is 108 cm³/mol. The lowest BCUT2D eigenvalue weighted by Crippen LogP contribution is -2.49. The van der Waals surface area contributed by atoms with E-state index in [1.54, 1.807) is 31.3 Å². The molecule has 6 nitrogen and oxygen atoms in total. The largest absolute Gasteiger partial charge is 0.497 e. The highest BCUT2D eigenvalue weighted by Crippen LogP contribution is 2.23. The van der Waals surface area contributed by atoms with E-state index in [1.165, 1.54) is 0 Å². The highest BCUT2D eigenvalue weighted by atomic mass is 16.5. The summed E-state index contributed by atoms with van der Waals surface area (Å²) >= 11 is 0. The van der Waals surface area contributed by atoms with Crippen LogP contribution in [0.3, 0.4) is 0 Å². The average Bonchev–Trinajstić information content (AvgIpc) is 2.77. The first-order chi connectivity index (χ1) is 13.7. The number of nitrogens with zero attached hydrogens (tertiary/aromatic N) is 3. The molecule has 28 heavy (non-hydrogen) atoms. The Balaban J connectivity index is 1.68. The zero-order valence-electron chi connectivity index (χ0n) is 16.1. The number of piperazine rings is 1. The highest BCUT2D eigenvalue weighted by Gasteiger charge is 2.24. The van der Waals surface area contributed by atoms with Crippen LogP contribution in [0.15, 0.2) is 54.1 Å². The summed E-state index contributed by atoms with van der Waals surface area (Å²) in [7, 11) is 3.21. The third-order valence-electron chi connectivity index (χ3n) is 4.79. The van der Waals surface area contributed by atoms with Gasteiger partial charge in [0.1, 0.15) is 23.1 Å². The third kappa shape index (κ3) is 4.26. The Hall–Kier alpha value is -3.46. The minimum absolute atomic E-state index is 0.113. The number of rotatable bonds is 5. The standard InChI is InChI=1S/C22H23N3O3/c1-27-20-9-7-19(8-10-20)24-11-13-25(14-12-24)22(26)18(16-23)15-17-5-3-4-6-21(17)28-2/h3-10,15H,11-14H2,1-2H3/b18-15+. The minimum Gasteiger partial charge on any atom is -0.497 e. The van der Waals surface area contributed by atoms with Gasteiger partial charge in [-0.1, -0.05) is 18.2 Å². The summed E-state index contributed by atoms with van der Waals surface area (Å²) < 4.78 is 10.5. The van der Waals surface area contributed by atoms with E-state index in [9.17, 15) is 10.1 Å². The first-order valence-electron chi connectivity index (χ1n) is 9.09. The Kier molecular flexibility index (Phi) is 6.18. The van der Waals surface area contributed by atoms with Crippen LogP contribution in [0.2, 0.25) is 0 Å². The molecular weight excluding hydrogens is 354 g/mol. The number of methoxy groups -OCH3 is 2. The number of hydrogen-bond donors (Lipinski definition) is 0. The predicted octanol–water partition coefficient (Wildman–Crippen LogP) is 2.96. The zero-order chi connectivity index (χ0) is 19.9. The summed E-state index contributed by atoms with van der Waals surface area (Å²) in [6, 6.07) is 17.2. The molecule has 1 amide bonds. The van der Waals surface area contributed by atoms with E-state index in [1.807, 2.05) is 48.5 Å². The number of ether oxygens (including phenoxy) is 2. The lowest BCUT2D eigenvalue weighted by atomic mass is 10.1. The molecule has 0 spiro atoms. The molecule has 1 aliphatic heterocycles. The Morgan fingerprint density at radius 1 is 1.00 bits per heavy atom. The van der Waals surface area contributed by atoms with Crippen molar-refractivity contribution in [2.45, 2.75) is 0 Å². The summed E-state index contributed by atoms with van der Waals surface area (Å²) in [6.45, 7) is 2.56. The number of nitriles is 1. The average molecular weight is 377 g/mol. The number of carbonyl (C=O) groups excluding carboxylic acids is 1. The molecule has 0 atom stereocenters. The molecule has 0 radical (unpaired) electrons. The monoisotopic (exact) mass is 377 g/mol. The van der Waals surface area contributed by atoms with Crippen LogP contribution >= 0.6 is 0 Å². The lowest BCUT2D eigenvalue weighted by molar-refractivity contribution is -0.126. The fourth-order valence-corrected chi connectivity index (χ4v) is 3.21. The van der Waals surface area contributed by atoms with Crippen LogP contribution in [-0.2, 0) is 4.79 Å². The van der Waals surface area contributed by atoms with Gasteiger partial charge in [-0.15, -0.1) is 0 Å². The summed E-state index contributed by atoms with van der Waals surface area (Å²) in [4.78, 5) is 16.8. The van der Waals surface area contributed by atoms with Gasteiger partial charge in [0.2, 0.25) is 0 Å². The van der Waals surface area contributed by atoms with Crippen molar-refractivity contribution in [2.24, 2.45) is 0 Å². The van der Waals surface area contributed by atoms with E-state index in [2.05, 4.69) is 4.90 Å². The Morgan fingerprint density at radius 2 is 1.68 bits per heavy atom. The number of para-hydroxylation sites is 1. The van der Waals surface area contributed by atoms with Crippen LogP contribution in [-0.4, -0.2) is 51.2 Å². The first kappa shape index (κ1) is 19.3. The van der Waals surface area contributed by atoms with E-state index in [-0.39, 0.29) is 11.5 Å². The SMILES string of the molecule is COc1ccc(N2CCN(C(=O)/C(C#N)=C/c3ccccc3OC)CC2)cc1. The van der Waals surface area contributed by atoms with Gasteiger partial charge >= 0.3 is 0 Å². The molecule has 0 N–H and O–H groups in total. The van der Waals surface area contributed by atoms with Crippen LogP contribution in [0.4, 0.5) is 5.69 Å². The van der Waals surface area contributed by atoms with E-state index in [4.69, 9.17) is 9.47 Å². The van der Waals surface area contributed by atoms with E-state index in [0.29, 0.717) is 37.5 Å². The highest BCUT2D eigenvalue weighted by molar-refractivity contribution is 6.02. The van der Waals surface area contributed by atoms with Crippen LogP contribution in [0.1, 0.15) is 5.56 Å². The van der Waals surface area contributed by atoms with Crippen LogP contribution in [0.5, 0.6) is 11.5 Å². The van der Waals surface area contributed by atoms with Gasteiger partial charge in [-0.05, 0) is 36.4 Å². The second-order valence-electron chi connectivity index (χ2n) is 6.39. The van der Waals surface area contributed by atoms with Crippen molar-refractivity contribution in [3.8, 4) is 17.6 Å². The molecule has 1 heterocycles. The van der Waals surface area contributed by atoms with Crippen molar-refractivity contribution in [1.29, 1.82) is 5.26 Å². The molecule has 144 valence electrons. The lowest BCUT2D eigenvalue weighted by Gasteiger charge is -2.36. The van der Waals surface area contributed by atoms with Gasteiger partial charge in [-0.3, -0.25) is 4.79 Å². The number of benzene rings is 2. The summed E-state index contributed by atoms with van der Waals surface area (Å²) in [5, 5.41) is 9.50. The first-order valence-corrected chi connectivity index (χ1v) is 9.09. The van der Waals surface area contributed by atoms with Gasteiger partial charge in [-0.2, -0.15) is 5.26 Å². The summed E-state index contributed by atoms with van der Waals surface area (Å²) in [5.74, 6) is 1.20. The Morgan fingerprint density at radius 3 is 2.29 bits per heavy atom. The molecule has 2 aromatic rings. The van der Waals surface area contributed by atoms with Crippen molar-refractivity contribution in [3.63, 3.8) is 0 Å². The van der Waals surface area contributed by atoms with Crippen molar-refractivity contribution in [1.82, 2.24) is 4.90 Å². The Bertz CT molecular complexity index is 892. The molecular formula is C22H23N3O3. The normalized spacial score (nSPS) is 14.4. The van der Waals surface area contributed by atoms with E-state index < -0.39 is 0 Å². The topological polar surface area (TPSA) is 65.8 Å². The molecule has 3 rings (SSSR count). The smallest absolute Gasteiger partial charge is 0.264 e. The van der Waals surface area contributed by atoms with Crippen LogP contribution in [0, 0.1) is 11.3 Å². The molecule has 1 saturated heterocycles. The van der Waals surface area contributed by atoms with Gasteiger partial charge in [0.15, 0.2) is 0 Å². The second-order valence-corrected chi connectivity index (χ2v) is 6.39. The number of amides is 1. The molecule has 1 fully saturated rings. The molecule has 0 aliphatic carbocycles. The molecule has 6 heteroatoms. The molecule has 2 aromatic carbocycles. The van der Waals surface area contributed by atoms with Gasteiger partial charge in [0.05, 0.1) is 14.2 Å². The molecule has 0 saturated carbocycles. The van der Waals surface area contributed by atoms with Crippen molar-refractivity contribution in [2.75, 3.05) is 45.3 Å². The Labute approximate surface area is 165 Å². The van der Waals surface area contributed by atoms with E-state index in [0.717, 1.165) is 11.4 Å². The summed E-state index contributed by atoms with van der Waals surface area (Å²) in [5.41, 5.74) is 1.92. The van der Waals surface area contributed by atoms with E-state index >= 15 is 0 Å². The summed E-state index contributed by atoms with van der Waals surface area (Å²) in [6.07, 6.45) is 1.59. The fourth-order valence-electron chi connectivity index (χ4n) is 3.21. The fraction of sp³-hybridized carbons (Fsp3) is 0.273. The number of carbonyl (C=O) groups is 1. The van der Waals surface area contributed by atoms with Gasteiger partial charge in [-0.25, -0.2) is 0 Å².